The van der Waals surface area contributed by atoms with Crippen LogP contribution in [-0.4, -0.2) is 70.3 Å². The highest BCUT2D eigenvalue weighted by Gasteiger charge is 2.44. The summed E-state index contributed by atoms with van der Waals surface area (Å²) in [6.07, 6.45) is 1.31. The molecular weight excluding hydrogens is 886 g/mol. The lowest BCUT2D eigenvalue weighted by Crippen LogP contribution is -2.46. The summed E-state index contributed by atoms with van der Waals surface area (Å²) in [5, 5.41) is 3.39. The highest BCUT2D eigenvalue weighted by atomic mass is 31.2. The molecule has 0 saturated carbocycles. The van der Waals surface area contributed by atoms with Crippen molar-refractivity contribution >= 4 is 33.9 Å². The van der Waals surface area contributed by atoms with Crippen molar-refractivity contribution in [2.75, 3.05) is 39.7 Å². The quantitative estimate of drug-likeness (QED) is 0.0308. The molecule has 0 amide bonds. The summed E-state index contributed by atoms with van der Waals surface area (Å²) in [4.78, 5) is 43.8. The Morgan fingerprint density at radius 2 is 1.21 bits per heavy atom. The Labute approximate surface area is 388 Å². The fourth-order valence-electron chi connectivity index (χ4n) is 6.36. The van der Waals surface area contributed by atoms with E-state index in [4.69, 9.17) is 41.7 Å². The Kier molecular flexibility index (Phi) is 16.2. The number of hydrogen-bond donors (Lipinski definition) is 1. The van der Waals surface area contributed by atoms with E-state index in [1.165, 1.54) is 4.57 Å². The standard InChI is InChI=1S/C48H64N3O13PSi/c1-45(2,3)42(52)58-31-61-65(55,62-32-59-43(53)46(4,5)6)60-30-38-29-39(64-66(12,13)47(7,8)9)41(63-38)51-28-27-40(49-44(51)54)50-48(33-17-15-14-16-18-33,34-19-23-36(56-10)24-20-34)35-21-25-37(57-11)26-22-35/h14-29,39,41H,30-32H2,1-13H3,(H,49,50,54)/t39-,41-/m1/s1. The van der Waals surface area contributed by atoms with Crippen LogP contribution in [0.1, 0.15) is 85.2 Å². The highest BCUT2D eigenvalue weighted by molar-refractivity contribution is 7.48. The maximum absolute atomic E-state index is 14.3. The van der Waals surface area contributed by atoms with Gasteiger partial charge in [0.1, 0.15) is 41.3 Å². The number of aromatic nitrogens is 2. The van der Waals surface area contributed by atoms with Crippen LogP contribution in [0.5, 0.6) is 11.5 Å². The monoisotopic (exact) mass is 949 g/mol. The van der Waals surface area contributed by atoms with Gasteiger partial charge in [-0.05, 0) is 113 Å². The number of anilines is 1. The summed E-state index contributed by atoms with van der Waals surface area (Å²) < 4.78 is 66.2. The SMILES string of the molecule is COc1ccc(C(Nc2ccn([C@@H]3OC(COP(=O)(OCOC(=O)C(C)(C)C)OCOC(=O)C(C)(C)C)=C[C@H]3O[Si](C)(C)C(C)(C)C)c(=O)n2)(c2ccccc2)c2ccc(OC)cc2)cc1. The van der Waals surface area contributed by atoms with Crippen LogP contribution < -0.4 is 20.5 Å². The second-order valence-electron chi connectivity index (χ2n) is 19.3. The molecule has 1 aliphatic heterocycles. The fraction of sp³-hybridized carbons (Fsp3) is 0.458. The zero-order chi connectivity index (χ0) is 48.7. The number of carbonyl (C=O) groups is 2. The largest absolute Gasteiger partial charge is 0.497 e. The van der Waals surface area contributed by atoms with Crippen LogP contribution in [0.3, 0.4) is 0 Å². The average Bonchev–Trinajstić information content (AvgIpc) is 3.65. The van der Waals surface area contributed by atoms with E-state index in [-0.39, 0.29) is 16.6 Å². The zero-order valence-electron chi connectivity index (χ0n) is 40.2. The molecule has 5 rings (SSSR count). The lowest BCUT2D eigenvalue weighted by atomic mass is 9.77. The Balaban J connectivity index is 1.49. The Morgan fingerprint density at radius 3 is 1.65 bits per heavy atom. The van der Waals surface area contributed by atoms with Crippen LogP contribution in [0.25, 0.3) is 0 Å². The van der Waals surface area contributed by atoms with Gasteiger partial charge in [0, 0.05) is 6.20 Å². The number of esters is 2. The van der Waals surface area contributed by atoms with Crippen molar-refractivity contribution in [3.8, 4) is 11.5 Å². The summed E-state index contributed by atoms with van der Waals surface area (Å²) >= 11 is 0. The van der Waals surface area contributed by atoms with Gasteiger partial charge in [-0.15, -0.1) is 0 Å². The molecule has 16 nitrogen and oxygen atoms in total. The second kappa shape index (κ2) is 20.7. The van der Waals surface area contributed by atoms with Crippen LogP contribution in [0.4, 0.5) is 5.82 Å². The van der Waals surface area contributed by atoms with E-state index in [1.807, 2.05) is 78.9 Å². The van der Waals surface area contributed by atoms with Gasteiger partial charge in [0.25, 0.3) is 0 Å². The van der Waals surface area contributed by atoms with Crippen molar-refractivity contribution < 1.29 is 55.8 Å². The van der Waals surface area contributed by atoms with Crippen LogP contribution in [0, 0.1) is 10.8 Å². The highest BCUT2D eigenvalue weighted by Crippen LogP contribution is 2.51. The van der Waals surface area contributed by atoms with Crippen molar-refractivity contribution in [2.45, 2.75) is 98.3 Å². The molecular formula is C48H64N3O13PSi. The molecule has 3 aromatic carbocycles. The number of nitrogens with zero attached hydrogens (tertiary/aromatic N) is 2. The first kappa shape index (κ1) is 51.7. The van der Waals surface area contributed by atoms with Gasteiger partial charge in [-0.2, -0.15) is 4.98 Å². The summed E-state index contributed by atoms with van der Waals surface area (Å²) in [6, 6.07) is 26.8. The molecule has 0 saturated heterocycles. The Morgan fingerprint density at radius 1 is 0.727 bits per heavy atom. The van der Waals surface area contributed by atoms with Gasteiger partial charge in [0.05, 0.1) is 25.0 Å². The van der Waals surface area contributed by atoms with Crippen molar-refractivity contribution in [2.24, 2.45) is 10.8 Å². The van der Waals surface area contributed by atoms with E-state index in [2.05, 4.69) is 44.2 Å². The van der Waals surface area contributed by atoms with Gasteiger partial charge < -0.3 is 33.4 Å². The first-order valence-electron chi connectivity index (χ1n) is 21.5. The molecule has 0 fully saturated rings. The number of rotatable bonds is 19. The maximum Gasteiger partial charge on any atom is 0.481 e. The van der Waals surface area contributed by atoms with Gasteiger partial charge in [-0.3, -0.25) is 18.7 Å². The van der Waals surface area contributed by atoms with Crippen LogP contribution in [0.2, 0.25) is 18.1 Å². The molecule has 66 heavy (non-hydrogen) atoms. The van der Waals surface area contributed by atoms with Crippen LogP contribution in [0.15, 0.2) is 108 Å². The molecule has 1 aliphatic rings. The van der Waals surface area contributed by atoms with E-state index in [9.17, 15) is 18.9 Å². The number of carbonyl (C=O) groups excluding carboxylic acids is 2. The first-order valence-corrected chi connectivity index (χ1v) is 25.8. The molecule has 0 aliphatic carbocycles. The summed E-state index contributed by atoms with van der Waals surface area (Å²) in [6.45, 7) is 18.2. The van der Waals surface area contributed by atoms with E-state index in [0.717, 1.165) is 16.7 Å². The number of nitrogens with one attached hydrogen (secondary N) is 1. The first-order chi connectivity index (χ1) is 30.8. The Hall–Kier alpha value is -5.29. The maximum atomic E-state index is 14.3. The van der Waals surface area contributed by atoms with Gasteiger partial charge in [-0.1, -0.05) is 75.4 Å². The number of hydrogen-bond acceptors (Lipinski definition) is 15. The second-order valence-corrected chi connectivity index (χ2v) is 25.7. The summed E-state index contributed by atoms with van der Waals surface area (Å²) in [7, 11) is -3.93. The summed E-state index contributed by atoms with van der Waals surface area (Å²) in [5.41, 5.74) is -0.941. The number of ether oxygens (including phenoxy) is 5. The molecule has 18 heteroatoms. The smallest absolute Gasteiger partial charge is 0.481 e. The predicted octanol–water partition coefficient (Wildman–Crippen LogP) is 9.72. The number of methoxy groups -OCH3 is 2. The molecule has 0 bridgehead atoms. The van der Waals surface area contributed by atoms with Crippen molar-refractivity contribution in [1.82, 2.24) is 9.55 Å². The van der Waals surface area contributed by atoms with Gasteiger partial charge in [-0.25, -0.2) is 18.4 Å². The molecule has 1 aromatic heterocycles. The van der Waals surface area contributed by atoms with Crippen molar-refractivity contribution in [3.63, 3.8) is 0 Å². The number of phosphoric acid groups is 1. The van der Waals surface area contributed by atoms with Crippen LogP contribution >= 0.6 is 7.82 Å². The third-order valence-electron chi connectivity index (χ3n) is 11.2. The molecule has 0 radical (unpaired) electrons. The minimum atomic E-state index is -4.60. The molecule has 4 aromatic rings. The summed E-state index contributed by atoms with van der Waals surface area (Å²) in [5.74, 6) is 0.480. The van der Waals surface area contributed by atoms with Crippen LogP contribution in [-0.2, 0) is 51.9 Å². The normalized spacial score (nSPS) is 15.9. The number of benzene rings is 3. The minimum Gasteiger partial charge on any atom is -0.497 e. The van der Waals surface area contributed by atoms with E-state index in [0.29, 0.717) is 11.5 Å². The van der Waals surface area contributed by atoms with Gasteiger partial charge >= 0.3 is 25.5 Å². The Bertz CT molecular complexity index is 2340. The van der Waals surface area contributed by atoms with Crippen molar-refractivity contribution in [1.29, 1.82) is 0 Å². The topological polar surface area (TPSA) is 181 Å². The van der Waals surface area contributed by atoms with E-state index >= 15 is 0 Å². The lowest BCUT2D eigenvalue weighted by Gasteiger charge is -2.39. The van der Waals surface area contributed by atoms with E-state index in [1.54, 1.807) is 74.1 Å². The average molecular weight is 950 g/mol. The van der Waals surface area contributed by atoms with Gasteiger partial charge in [0.15, 0.2) is 8.32 Å². The third kappa shape index (κ3) is 12.6. The van der Waals surface area contributed by atoms with E-state index < -0.39 is 82.7 Å². The van der Waals surface area contributed by atoms with Crippen molar-refractivity contribution in [3.05, 3.63) is 130 Å². The van der Waals surface area contributed by atoms with Gasteiger partial charge in [0.2, 0.25) is 19.8 Å². The zero-order valence-corrected chi connectivity index (χ0v) is 42.1. The molecule has 2 atom stereocenters. The molecule has 2 heterocycles. The fourth-order valence-corrected chi connectivity index (χ4v) is 8.46. The molecule has 0 spiro atoms. The minimum absolute atomic E-state index is 0.130. The molecule has 0 unspecified atom stereocenters. The lowest BCUT2D eigenvalue weighted by molar-refractivity contribution is -0.163. The third-order valence-corrected chi connectivity index (χ3v) is 17.0. The molecule has 358 valence electrons. The predicted molar refractivity (Wildman–Crippen MR) is 251 cm³/mol. The molecule has 1 N–H and O–H groups in total. The number of phosphoric ester groups is 1.